The monoisotopic (exact) mass is 382 g/mol. The van der Waals surface area contributed by atoms with Crippen LogP contribution in [0.3, 0.4) is 0 Å². The van der Waals surface area contributed by atoms with Crippen molar-refractivity contribution in [1.82, 2.24) is 10.2 Å². The van der Waals surface area contributed by atoms with Crippen LogP contribution in [0.4, 0.5) is 5.69 Å². The molecule has 0 aliphatic carbocycles. The highest BCUT2D eigenvalue weighted by molar-refractivity contribution is 7.13. The van der Waals surface area contributed by atoms with Gasteiger partial charge in [0.2, 0.25) is 5.91 Å². The molecule has 0 unspecified atom stereocenters. The van der Waals surface area contributed by atoms with Gasteiger partial charge < -0.3 is 14.5 Å². The molecule has 0 radical (unpaired) electrons. The number of carbonyl (C=O) groups is 2. The summed E-state index contributed by atoms with van der Waals surface area (Å²) in [5.41, 5.74) is 0.787. The Bertz CT molecular complexity index is 974. The summed E-state index contributed by atoms with van der Waals surface area (Å²) in [6.07, 6.45) is -0.951. The van der Waals surface area contributed by atoms with E-state index in [0.717, 1.165) is 4.88 Å². The number of esters is 1. The molecular formula is C18H14N4O4S. The van der Waals surface area contributed by atoms with Crippen LogP contribution in [0, 0.1) is 11.3 Å². The van der Waals surface area contributed by atoms with E-state index in [1.165, 1.54) is 23.5 Å². The Morgan fingerprint density at radius 2 is 2.07 bits per heavy atom. The van der Waals surface area contributed by atoms with E-state index in [-0.39, 0.29) is 12.3 Å². The normalized spacial score (nSPS) is 11.4. The summed E-state index contributed by atoms with van der Waals surface area (Å²) in [6.45, 7) is 1.64. The fourth-order valence-electron chi connectivity index (χ4n) is 2.14. The van der Waals surface area contributed by atoms with Crippen molar-refractivity contribution in [2.45, 2.75) is 19.4 Å². The Balaban J connectivity index is 1.61. The van der Waals surface area contributed by atoms with Crippen molar-refractivity contribution in [3.8, 4) is 16.8 Å². The Hall–Kier alpha value is -3.51. The average molecular weight is 382 g/mol. The van der Waals surface area contributed by atoms with Gasteiger partial charge in [-0.2, -0.15) is 5.26 Å². The van der Waals surface area contributed by atoms with E-state index in [1.807, 2.05) is 17.5 Å². The fourth-order valence-corrected chi connectivity index (χ4v) is 2.79. The third-order valence-electron chi connectivity index (χ3n) is 3.45. The number of nitriles is 1. The molecule has 2 heterocycles. The van der Waals surface area contributed by atoms with Gasteiger partial charge in [-0.05, 0) is 42.6 Å². The smallest absolute Gasteiger partial charge is 0.338 e. The summed E-state index contributed by atoms with van der Waals surface area (Å²) in [5, 5.41) is 20.8. The summed E-state index contributed by atoms with van der Waals surface area (Å²) in [5.74, 6) is -0.403. The minimum absolute atomic E-state index is 0.201. The van der Waals surface area contributed by atoms with E-state index in [0.29, 0.717) is 17.1 Å². The van der Waals surface area contributed by atoms with Crippen LogP contribution in [0.1, 0.15) is 35.7 Å². The van der Waals surface area contributed by atoms with Gasteiger partial charge >= 0.3 is 5.97 Å². The maximum Gasteiger partial charge on any atom is 0.338 e. The van der Waals surface area contributed by atoms with Crippen LogP contribution in [-0.2, 0) is 9.53 Å². The Morgan fingerprint density at radius 1 is 1.30 bits per heavy atom. The molecule has 0 fully saturated rings. The second-order valence-electron chi connectivity index (χ2n) is 5.43. The molecule has 0 bridgehead atoms. The topological polar surface area (TPSA) is 118 Å². The van der Waals surface area contributed by atoms with Crippen molar-refractivity contribution < 1.29 is 18.7 Å². The summed E-state index contributed by atoms with van der Waals surface area (Å²) < 4.78 is 10.9. The number of amides is 1. The van der Waals surface area contributed by atoms with Crippen LogP contribution < -0.4 is 5.32 Å². The number of rotatable bonds is 6. The van der Waals surface area contributed by atoms with Gasteiger partial charge in [0.25, 0.3) is 11.8 Å². The molecule has 27 heavy (non-hydrogen) atoms. The molecule has 3 rings (SSSR count). The lowest BCUT2D eigenvalue weighted by molar-refractivity contribution is -0.115. The number of hydrogen-bond donors (Lipinski definition) is 1. The van der Waals surface area contributed by atoms with E-state index in [1.54, 1.807) is 25.1 Å². The molecule has 1 amide bonds. The third kappa shape index (κ3) is 4.56. The molecule has 8 nitrogen and oxygen atoms in total. The van der Waals surface area contributed by atoms with Gasteiger partial charge in [-0.3, -0.25) is 4.79 Å². The molecule has 3 aromatic rings. The Kier molecular flexibility index (Phi) is 5.58. The molecule has 0 spiro atoms. The van der Waals surface area contributed by atoms with Crippen LogP contribution >= 0.6 is 11.3 Å². The number of nitrogens with one attached hydrogen (secondary N) is 1. The van der Waals surface area contributed by atoms with Crippen molar-refractivity contribution in [2.24, 2.45) is 0 Å². The van der Waals surface area contributed by atoms with Crippen molar-refractivity contribution in [3.05, 3.63) is 53.2 Å². The maximum absolute atomic E-state index is 12.3. The molecule has 0 aliphatic rings. The molecule has 9 heteroatoms. The van der Waals surface area contributed by atoms with Crippen molar-refractivity contribution in [1.29, 1.82) is 5.26 Å². The van der Waals surface area contributed by atoms with Crippen LogP contribution in [0.5, 0.6) is 0 Å². The number of anilines is 1. The van der Waals surface area contributed by atoms with Crippen molar-refractivity contribution in [2.75, 3.05) is 5.32 Å². The molecule has 0 aliphatic heterocycles. The first-order chi connectivity index (χ1) is 13.1. The van der Waals surface area contributed by atoms with Gasteiger partial charge in [0, 0.05) is 5.69 Å². The Morgan fingerprint density at radius 3 is 2.74 bits per heavy atom. The number of aromatic nitrogens is 2. The Labute approximate surface area is 158 Å². The van der Waals surface area contributed by atoms with Gasteiger partial charge in [-0.1, -0.05) is 6.07 Å². The summed E-state index contributed by atoms with van der Waals surface area (Å²) in [4.78, 5) is 24.5. The second-order valence-corrected chi connectivity index (χ2v) is 6.38. The minimum atomic E-state index is -0.714. The fraction of sp³-hybridized carbons (Fsp3) is 0.167. The number of ether oxygens (including phenoxy) is 1. The standard InChI is InChI=1S/C18H14N4O4S/c1-11(16-21-22-17(26-16)14-3-2-10-27-14)25-18(24)12-4-6-13(7-5-12)20-15(23)8-9-19/h2-7,10-11H,8H2,1H3,(H,20,23)/t11-/m1/s1. The molecule has 136 valence electrons. The van der Waals surface area contributed by atoms with Crippen molar-refractivity contribution >= 4 is 28.9 Å². The van der Waals surface area contributed by atoms with Crippen LogP contribution in [0.2, 0.25) is 0 Å². The first-order valence-corrected chi connectivity index (χ1v) is 8.80. The lowest BCUT2D eigenvalue weighted by atomic mass is 10.2. The molecule has 1 atom stereocenters. The lowest BCUT2D eigenvalue weighted by Gasteiger charge is -2.10. The summed E-state index contributed by atoms with van der Waals surface area (Å²) in [6, 6.07) is 11.6. The number of hydrogen-bond acceptors (Lipinski definition) is 8. The largest absolute Gasteiger partial charge is 0.449 e. The maximum atomic E-state index is 12.3. The van der Waals surface area contributed by atoms with Gasteiger partial charge in [-0.15, -0.1) is 21.5 Å². The zero-order chi connectivity index (χ0) is 19.2. The average Bonchev–Trinajstić information content (AvgIpc) is 3.34. The van der Waals surface area contributed by atoms with E-state index >= 15 is 0 Å². The molecule has 2 aromatic heterocycles. The molecular weight excluding hydrogens is 368 g/mol. The highest BCUT2D eigenvalue weighted by Crippen LogP contribution is 2.26. The summed E-state index contributed by atoms with van der Waals surface area (Å²) >= 11 is 1.47. The van der Waals surface area contributed by atoms with E-state index in [9.17, 15) is 9.59 Å². The zero-order valence-electron chi connectivity index (χ0n) is 14.2. The number of thiophene rings is 1. The minimum Gasteiger partial charge on any atom is -0.449 e. The van der Waals surface area contributed by atoms with Crippen LogP contribution in [-0.4, -0.2) is 22.1 Å². The van der Waals surface area contributed by atoms with E-state index < -0.39 is 18.0 Å². The highest BCUT2D eigenvalue weighted by Gasteiger charge is 2.20. The quantitative estimate of drug-likeness (QED) is 0.647. The molecule has 1 aromatic carbocycles. The van der Waals surface area contributed by atoms with Crippen LogP contribution in [0.25, 0.3) is 10.8 Å². The van der Waals surface area contributed by atoms with Crippen molar-refractivity contribution in [3.63, 3.8) is 0 Å². The summed E-state index contributed by atoms with van der Waals surface area (Å²) in [7, 11) is 0. The second kappa shape index (κ2) is 8.25. The predicted molar refractivity (Wildman–Crippen MR) is 96.7 cm³/mol. The van der Waals surface area contributed by atoms with Gasteiger partial charge in [0.05, 0.1) is 16.5 Å². The van der Waals surface area contributed by atoms with E-state index in [2.05, 4.69) is 15.5 Å². The first-order valence-electron chi connectivity index (χ1n) is 7.92. The lowest BCUT2D eigenvalue weighted by Crippen LogP contribution is -2.11. The number of benzene rings is 1. The first kappa shape index (κ1) is 18.3. The van der Waals surface area contributed by atoms with Crippen LogP contribution in [0.15, 0.2) is 46.2 Å². The molecule has 0 saturated carbocycles. The SMILES string of the molecule is C[C@@H](OC(=O)c1ccc(NC(=O)CC#N)cc1)c1nnc(-c2cccs2)o1. The van der Waals surface area contributed by atoms with Gasteiger partial charge in [0.1, 0.15) is 6.42 Å². The number of nitrogens with zero attached hydrogens (tertiary/aromatic N) is 3. The zero-order valence-corrected chi connectivity index (χ0v) is 15.0. The predicted octanol–water partition coefficient (Wildman–Crippen LogP) is 3.57. The molecule has 1 N–H and O–H groups in total. The molecule has 0 saturated heterocycles. The van der Waals surface area contributed by atoms with Gasteiger partial charge in [0.15, 0.2) is 6.10 Å². The highest BCUT2D eigenvalue weighted by atomic mass is 32.1. The van der Waals surface area contributed by atoms with Gasteiger partial charge in [-0.25, -0.2) is 4.79 Å². The number of carbonyl (C=O) groups excluding carboxylic acids is 2. The van der Waals surface area contributed by atoms with E-state index in [4.69, 9.17) is 14.4 Å². The third-order valence-corrected chi connectivity index (χ3v) is 4.31.